The van der Waals surface area contributed by atoms with Crippen LogP contribution in [0.4, 0.5) is 8.78 Å². The van der Waals surface area contributed by atoms with Crippen molar-refractivity contribution in [1.82, 2.24) is 0 Å². The van der Waals surface area contributed by atoms with E-state index >= 15 is 0 Å². The standard InChI is InChI=1S/C24H29F2NO2/c25-22-14-11-20(16-23(22)26)18-7-9-19(10-8-18)24(28)29-21-12-5-17(6-13-21)4-2-1-3-15-27/h1,3,11,14,16-19,21H,2,4-10,12-13H2. The third-order valence-electron chi connectivity index (χ3n) is 6.49. The molecule has 0 saturated heterocycles. The van der Waals surface area contributed by atoms with Crippen LogP contribution in [0.2, 0.25) is 0 Å². The number of nitriles is 1. The van der Waals surface area contributed by atoms with Crippen molar-refractivity contribution < 1.29 is 18.3 Å². The van der Waals surface area contributed by atoms with Gasteiger partial charge < -0.3 is 4.74 Å². The number of allylic oxidation sites excluding steroid dienone is 2. The van der Waals surface area contributed by atoms with Gasteiger partial charge in [-0.3, -0.25) is 4.79 Å². The molecule has 0 heterocycles. The number of ether oxygens (including phenoxy) is 1. The highest BCUT2D eigenvalue weighted by Gasteiger charge is 2.31. The fourth-order valence-electron chi connectivity index (χ4n) is 4.70. The van der Waals surface area contributed by atoms with Crippen molar-refractivity contribution in [2.75, 3.05) is 0 Å². The minimum absolute atomic E-state index is 0.0253. The molecule has 156 valence electrons. The second-order valence-corrected chi connectivity index (χ2v) is 8.41. The van der Waals surface area contributed by atoms with E-state index < -0.39 is 11.6 Å². The molecular formula is C24H29F2NO2. The van der Waals surface area contributed by atoms with Crippen molar-refractivity contribution in [3.8, 4) is 6.07 Å². The molecule has 0 bridgehead atoms. The number of rotatable bonds is 6. The molecule has 0 spiro atoms. The molecule has 0 amide bonds. The van der Waals surface area contributed by atoms with Gasteiger partial charge in [0.1, 0.15) is 6.10 Å². The van der Waals surface area contributed by atoms with Crippen LogP contribution in [0.1, 0.15) is 75.7 Å². The Hall–Kier alpha value is -2.22. The Morgan fingerprint density at radius 3 is 2.45 bits per heavy atom. The first kappa shape index (κ1) is 21.5. The molecule has 0 radical (unpaired) electrons. The summed E-state index contributed by atoms with van der Waals surface area (Å²) in [6.45, 7) is 0. The number of nitrogens with zero attached hydrogens (tertiary/aromatic N) is 1. The molecule has 2 fully saturated rings. The van der Waals surface area contributed by atoms with Crippen LogP contribution in [0.25, 0.3) is 0 Å². The number of hydrogen-bond acceptors (Lipinski definition) is 3. The van der Waals surface area contributed by atoms with Crippen molar-refractivity contribution in [3.63, 3.8) is 0 Å². The Morgan fingerprint density at radius 2 is 1.79 bits per heavy atom. The van der Waals surface area contributed by atoms with Gasteiger partial charge in [-0.25, -0.2) is 8.78 Å². The highest BCUT2D eigenvalue weighted by molar-refractivity contribution is 5.72. The zero-order valence-corrected chi connectivity index (χ0v) is 16.8. The summed E-state index contributed by atoms with van der Waals surface area (Å²) in [5, 5.41) is 8.51. The fourth-order valence-corrected chi connectivity index (χ4v) is 4.70. The summed E-state index contributed by atoms with van der Waals surface area (Å²) < 4.78 is 32.4. The molecule has 3 rings (SSSR count). The first-order valence-electron chi connectivity index (χ1n) is 10.8. The lowest BCUT2D eigenvalue weighted by Gasteiger charge is -2.31. The molecule has 1 aromatic rings. The second-order valence-electron chi connectivity index (χ2n) is 8.41. The lowest BCUT2D eigenvalue weighted by Crippen LogP contribution is -2.29. The third kappa shape index (κ3) is 6.13. The largest absolute Gasteiger partial charge is 0.462 e. The monoisotopic (exact) mass is 401 g/mol. The topological polar surface area (TPSA) is 50.1 Å². The molecule has 3 nitrogen and oxygen atoms in total. The molecule has 0 aliphatic heterocycles. The SMILES string of the molecule is N#CC=CCCC1CCC(OC(=O)C2CCC(c3ccc(F)c(F)c3)CC2)CC1. The Morgan fingerprint density at radius 1 is 1.07 bits per heavy atom. The molecule has 2 saturated carbocycles. The van der Waals surface area contributed by atoms with Gasteiger partial charge in [0.25, 0.3) is 0 Å². The maximum atomic E-state index is 13.5. The lowest BCUT2D eigenvalue weighted by atomic mass is 9.78. The summed E-state index contributed by atoms with van der Waals surface area (Å²) in [6, 6.07) is 6.13. The van der Waals surface area contributed by atoms with Gasteiger partial charge in [-0.15, -0.1) is 0 Å². The summed E-state index contributed by atoms with van der Waals surface area (Å²) >= 11 is 0. The van der Waals surface area contributed by atoms with Crippen LogP contribution in [0, 0.1) is 34.8 Å². The van der Waals surface area contributed by atoms with Crippen LogP contribution in [-0.4, -0.2) is 12.1 Å². The normalized spacial score (nSPS) is 27.5. The Labute approximate surface area is 171 Å². The first-order valence-corrected chi connectivity index (χ1v) is 10.8. The van der Waals surface area contributed by atoms with Crippen molar-refractivity contribution in [2.24, 2.45) is 11.8 Å². The number of esters is 1. The molecule has 1 aromatic carbocycles. The van der Waals surface area contributed by atoms with Crippen LogP contribution in [-0.2, 0) is 9.53 Å². The summed E-state index contributed by atoms with van der Waals surface area (Å²) in [7, 11) is 0. The van der Waals surface area contributed by atoms with Gasteiger partial charge in [0, 0.05) is 6.08 Å². The molecule has 0 aromatic heterocycles. The van der Waals surface area contributed by atoms with Gasteiger partial charge in [0.15, 0.2) is 11.6 Å². The summed E-state index contributed by atoms with van der Waals surface area (Å²) in [6.07, 6.45) is 12.6. The summed E-state index contributed by atoms with van der Waals surface area (Å²) in [5.41, 5.74) is 0.818. The molecule has 5 heteroatoms. The number of hydrogen-bond donors (Lipinski definition) is 0. The predicted octanol–water partition coefficient (Wildman–Crippen LogP) is 6.20. The van der Waals surface area contributed by atoms with Crippen LogP contribution in [0.5, 0.6) is 0 Å². The van der Waals surface area contributed by atoms with Crippen molar-refractivity contribution in [2.45, 2.75) is 76.2 Å². The Bertz CT molecular complexity index is 755. The zero-order chi connectivity index (χ0) is 20.6. The summed E-state index contributed by atoms with van der Waals surface area (Å²) in [5.74, 6) is -0.959. The van der Waals surface area contributed by atoms with E-state index in [1.165, 1.54) is 18.2 Å². The quantitative estimate of drug-likeness (QED) is 0.421. The molecule has 0 N–H and O–H groups in total. The second kappa shape index (κ2) is 10.5. The van der Waals surface area contributed by atoms with Crippen LogP contribution >= 0.6 is 0 Å². The number of benzene rings is 1. The van der Waals surface area contributed by atoms with E-state index in [4.69, 9.17) is 10.00 Å². The maximum Gasteiger partial charge on any atom is 0.309 e. The minimum atomic E-state index is -0.820. The average Bonchev–Trinajstić information content (AvgIpc) is 2.74. The van der Waals surface area contributed by atoms with Crippen molar-refractivity contribution in [3.05, 3.63) is 47.5 Å². The molecule has 29 heavy (non-hydrogen) atoms. The van der Waals surface area contributed by atoms with E-state index in [2.05, 4.69) is 0 Å². The number of carbonyl (C=O) groups is 1. The van der Waals surface area contributed by atoms with Crippen LogP contribution < -0.4 is 0 Å². The number of halogens is 2. The van der Waals surface area contributed by atoms with E-state index in [1.54, 1.807) is 6.07 Å². The van der Waals surface area contributed by atoms with Gasteiger partial charge in [-0.05, 0) is 93.7 Å². The molecular weight excluding hydrogens is 372 g/mol. The van der Waals surface area contributed by atoms with Gasteiger partial charge in [0.05, 0.1) is 12.0 Å². The van der Waals surface area contributed by atoms with E-state index in [1.807, 2.05) is 12.1 Å². The molecule has 2 aliphatic rings. The highest BCUT2D eigenvalue weighted by Crippen LogP contribution is 2.37. The molecule has 2 aliphatic carbocycles. The molecule has 0 unspecified atom stereocenters. The van der Waals surface area contributed by atoms with Gasteiger partial charge in [-0.2, -0.15) is 5.26 Å². The minimum Gasteiger partial charge on any atom is -0.462 e. The molecule has 0 atom stereocenters. The predicted molar refractivity (Wildman–Crippen MR) is 107 cm³/mol. The lowest BCUT2D eigenvalue weighted by molar-refractivity contribution is -0.157. The van der Waals surface area contributed by atoms with Crippen molar-refractivity contribution in [1.29, 1.82) is 5.26 Å². The smallest absolute Gasteiger partial charge is 0.309 e. The average molecular weight is 401 g/mol. The van der Waals surface area contributed by atoms with E-state index in [-0.39, 0.29) is 23.9 Å². The summed E-state index contributed by atoms with van der Waals surface area (Å²) in [4.78, 5) is 12.6. The zero-order valence-electron chi connectivity index (χ0n) is 16.8. The van der Waals surface area contributed by atoms with Gasteiger partial charge >= 0.3 is 5.97 Å². The fraction of sp³-hybridized carbons (Fsp3) is 0.583. The van der Waals surface area contributed by atoms with E-state index in [9.17, 15) is 13.6 Å². The maximum absolute atomic E-state index is 13.5. The van der Waals surface area contributed by atoms with Crippen LogP contribution in [0.3, 0.4) is 0 Å². The Balaban J connectivity index is 1.38. The van der Waals surface area contributed by atoms with Crippen molar-refractivity contribution >= 4 is 5.97 Å². The van der Waals surface area contributed by atoms with E-state index in [0.29, 0.717) is 5.92 Å². The van der Waals surface area contributed by atoms with Crippen LogP contribution in [0.15, 0.2) is 30.4 Å². The first-order chi connectivity index (χ1) is 14.1. The van der Waals surface area contributed by atoms with Gasteiger partial charge in [-0.1, -0.05) is 12.1 Å². The third-order valence-corrected chi connectivity index (χ3v) is 6.49. The Kier molecular flexibility index (Phi) is 7.80. The van der Waals surface area contributed by atoms with E-state index in [0.717, 1.165) is 69.8 Å². The number of carbonyl (C=O) groups excluding carboxylic acids is 1. The highest BCUT2D eigenvalue weighted by atomic mass is 19.2. The van der Waals surface area contributed by atoms with Gasteiger partial charge in [0.2, 0.25) is 0 Å².